The number of aromatic nitrogens is 1. The fourth-order valence-electron chi connectivity index (χ4n) is 2.77. The van der Waals surface area contributed by atoms with Crippen LogP contribution in [-0.4, -0.2) is 11.8 Å². The highest BCUT2D eigenvalue weighted by atomic mass is 19.4. The minimum atomic E-state index is -4.40. The molecule has 0 aliphatic carbocycles. The van der Waals surface area contributed by atoms with Gasteiger partial charge in [-0.1, -0.05) is 6.07 Å². The largest absolute Gasteiger partial charge is 0.454 e. The van der Waals surface area contributed by atoms with E-state index in [1.54, 1.807) is 25.1 Å². The van der Waals surface area contributed by atoms with Gasteiger partial charge in [0.1, 0.15) is 0 Å². The van der Waals surface area contributed by atoms with Gasteiger partial charge in [0.15, 0.2) is 11.5 Å². The molecular weight excluding hydrogens is 333 g/mol. The van der Waals surface area contributed by atoms with Gasteiger partial charge in [0.05, 0.1) is 11.1 Å². The third kappa shape index (κ3) is 2.93. The van der Waals surface area contributed by atoms with Gasteiger partial charge >= 0.3 is 6.18 Å². The molecule has 4 nitrogen and oxygen atoms in total. The number of benzene rings is 2. The topological polar surface area (TPSA) is 43.4 Å². The van der Waals surface area contributed by atoms with Crippen molar-refractivity contribution in [2.75, 3.05) is 12.1 Å². The van der Waals surface area contributed by atoms with Crippen molar-refractivity contribution in [3.8, 4) is 11.5 Å². The van der Waals surface area contributed by atoms with Gasteiger partial charge in [-0.05, 0) is 37.3 Å². The number of rotatable bonds is 2. The summed E-state index contributed by atoms with van der Waals surface area (Å²) in [6, 6.07) is 10.7. The third-order valence-corrected chi connectivity index (χ3v) is 3.92. The van der Waals surface area contributed by atoms with Crippen molar-refractivity contribution in [3.63, 3.8) is 0 Å². The third-order valence-electron chi connectivity index (χ3n) is 3.92. The average Bonchev–Trinajstić information content (AvgIpc) is 3.01. The molecule has 0 radical (unpaired) electrons. The van der Waals surface area contributed by atoms with Gasteiger partial charge in [-0.3, -0.25) is 4.98 Å². The maximum Gasteiger partial charge on any atom is 0.416 e. The van der Waals surface area contributed by atoms with Crippen molar-refractivity contribution in [3.05, 3.63) is 53.7 Å². The van der Waals surface area contributed by atoms with Crippen molar-refractivity contribution < 1.29 is 22.6 Å². The molecule has 1 aliphatic rings. The molecule has 0 spiro atoms. The van der Waals surface area contributed by atoms with Crippen molar-refractivity contribution in [1.29, 1.82) is 0 Å². The Bertz CT molecular complexity index is 970. The first-order chi connectivity index (χ1) is 11.9. The van der Waals surface area contributed by atoms with E-state index in [1.165, 1.54) is 6.07 Å². The molecule has 0 saturated carbocycles. The first-order valence-electron chi connectivity index (χ1n) is 7.55. The van der Waals surface area contributed by atoms with Gasteiger partial charge in [-0.15, -0.1) is 0 Å². The summed E-state index contributed by atoms with van der Waals surface area (Å²) in [5, 5.41) is 3.83. The Morgan fingerprint density at radius 3 is 2.60 bits per heavy atom. The zero-order valence-corrected chi connectivity index (χ0v) is 13.1. The molecule has 0 unspecified atom stereocenters. The number of hydrogen-bond donors (Lipinski definition) is 1. The van der Waals surface area contributed by atoms with Crippen LogP contribution in [0.5, 0.6) is 11.5 Å². The van der Waals surface area contributed by atoms with E-state index in [9.17, 15) is 13.2 Å². The second-order valence-corrected chi connectivity index (χ2v) is 5.73. The summed E-state index contributed by atoms with van der Waals surface area (Å²) >= 11 is 0. The summed E-state index contributed by atoms with van der Waals surface area (Å²) in [6.07, 6.45) is -4.40. The molecule has 3 aromatic rings. The molecule has 4 rings (SSSR count). The maximum absolute atomic E-state index is 12.9. The van der Waals surface area contributed by atoms with E-state index < -0.39 is 11.7 Å². The monoisotopic (exact) mass is 346 g/mol. The van der Waals surface area contributed by atoms with Crippen molar-refractivity contribution in [2.45, 2.75) is 13.1 Å². The van der Waals surface area contributed by atoms with E-state index in [4.69, 9.17) is 9.47 Å². The minimum Gasteiger partial charge on any atom is -0.454 e. The highest BCUT2D eigenvalue weighted by Crippen LogP contribution is 2.37. The Balaban J connectivity index is 1.76. The molecule has 0 saturated heterocycles. The Morgan fingerprint density at radius 2 is 1.80 bits per heavy atom. The van der Waals surface area contributed by atoms with Crippen LogP contribution in [0.25, 0.3) is 10.9 Å². The lowest BCUT2D eigenvalue weighted by Crippen LogP contribution is -2.05. The molecule has 0 fully saturated rings. The number of ether oxygens (including phenoxy) is 2. The van der Waals surface area contributed by atoms with Crippen LogP contribution in [0.4, 0.5) is 24.5 Å². The zero-order valence-electron chi connectivity index (χ0n) is 13.1. The number of nitrogens with one attached hydrogen (secondary N) is 1. The van der Waals surface area contributed by atoms with E-state index in [2.05, 4.69) is 10.3 Å². The van der Waals surface area contributed by atoms with Crippen LogP contribution >= 0.6 is 0 Å². The van der Waals surface area contributed by atoms with Gasteiger partial charge in [-0.2, -0.15) is 13.2 Å². The van der Waals surface area contributed by atoms with Crippen LogP contribution in [0.3, 0.4) is 0 Å². The predicted octanol–water partition coefficient (Wildman–Crippen LogP) is 5.03. The molecule has 25 heavy (non-hydrogen) atoms. The summed E-state index contributed by atoms with van der Waals surface area (Å²) in [7, 11) is 0. The number of halogens is 3. The Hall–Kier alpha value is -2.96. The summed E-state index contributed by atoms with van der Waals surface area (Å²) in [5.74, 6) is 1.29. The minimum absolute atomic E-state index is 0.177. The molecule has 0 amide bonds. The molecule has 7 heteroatoms. The van der Waals surface area contributed by atoms with Crippen LogP contribution < -0.4 is 14.8 Å². The number of alkyl halides is 3. The van der Waals surface area contributed by atoms with Gasteiger partial charge in [0, 0.05) is 28.5 Å². The second kappa shape index (κ2) is 5.54. The van der Waals surface area contributed by atoms with E-state index in [1.807, 2.05) is 6.07 Å². The lowest BCUT2D eigenvalue weighted by Gasteiger charge is -2.13. The maximum atomic E-state index is 12.9. The first-order valence-corrected chi connectivity index (χ1v) is 7.55. The lowest BCUT2D eigenvalue weighted by molar-refractivity contribution is -0.137. The van der Waals surface area contributed by atoms with Crippen molar-refractivity contribution in [2.24, 2.45) is 0 Å². The molecule has 128 valence electrons. The predicted molar refractivity (Wildman–Crippen MR) is 87.3 cm³/mol. The highest BCUT2D eigenvalue weighted by Gasteiger charge is 2.30. The van der Waals surface area contributed by atoms with Crippen LogP contribution in [0.2, 0.25) is 0 Å². The normalized spacial score (nSPS) is 13.3. The van der Waals surface area contributed by atoms with Gasteiger partial charge in [-0.25, -0.2) is 0 Å². The first kappa shape index (κ1) is 15.6. The standard InChI is InChI=1S/C18H13F3N2O2/c1-10-6-14(23-12-3-5-16-17(8-12)25-9-24-16)13-4-2-11(18(19,20)21)7-15(13)22-10/h2-8H,9H2,1H3,(H,22,23). The van der Waals surface area contributed by atoms with Gasteiger partial charge in [0.25, 0.3) is 0 Å². The Labute approximate surface area is 141 Å². The van der Waals surface area contributed by atoms with Gasteiger partial charge in [0.2, 0.25) is 6.79 Å². The number of anilines is 2. The fraction of sp³-hybridized carbons (Fsp3) is 0.167. The molecule has 2 aromatic carbocycles. The summed E-state index contributed by atoms with van der Waals surface area (Å²) in [5.41, 5.74) is 1.62. The molecule has 1 N–H and O–H groups in total. The SMILES string of the molecule is Cc1cc(Nc2ccc3c(c2)OCO3)c2ccc(C(F)(F)F)cc2n1. The summed E-state index contributed by atoms with van der Waals surface area (Å²) < 4.78 is 49.4. The van der Waals surface area contributed by atoms with E-state index >= 15 is 0 Å². The Morgan fingerprint density at radius 1 is 1.00 bits per heavy atom. The quantitative estimate of drug-likeness (QED) is 0.706. The van der Waals surface area contributed by atoms with Crippen LogP contribution in [-0.2, 0) is 6.18 Å². The van der Waals surface area contributed by atoms with Crippen molar-refractivity contribution in [1.82, 2.24) is 4.98 Å². The number of pyridine rings is 1. The number of nitrogens with zero attached hydrogens (tertiary/aromatic N) is 1. The summed E-state index contributed by atoms with van der Waals surface area (Å²) in [6.45, 7) is 1.92. The molecular formula is C18H13F3N2O2. The van der Waals surface area contributed by atoms with Gasteiger partial charge < -0.3 is 14.8 Å². The van der Waals surface area contributed by atoms with Crippen molar-refractivity contribution >= 4 is 22.3 Å². The average molecular weight is 346 g/mol. The molecule has 0 bridgehead atoms. The second-order valence-electron chi connectivity index (χ2n) is 5.73. The molecule has 1 aliphatic heterocycles. The molecule has 0 atom stereocenters. The zero-order chi connectivity index (χ0) is 17.6. The number of fused-ring (bicyclic) bond motifs is 2. The fourth-order valence-corrected chi connectivity index (χ4v) is 2.77. The van der Waals surface area contributed by atoms with E-state index in [-0.39, 0.29) is 12.3 Å². The lowest BCUT2D eigenvalue weighted by atomic mass is 10.1. The molecule has 2 heterocycles. The number of aryl methyl sites for hydroxylation is 1. The Kier molecular flexibility index (Phi) is 3.45. The van der Waals surface area contributed by atoms with Crippen LogP contribution in [0, 0.1) is 6.92 Å². The molecule has 1 aromatic heterocycles. The van der Waals surface area contributed by atoms with Crippen LogP contribution in [0.1, 0.15) is 11.3 Å². The number of hydrogen-bond acceptors (Lipinski definition) is 4. The summed E-state index contributed by atoms with van der Waals surface area (Å²) in [4.78, 5) is 4.23. The highest BCUT2D eigenvalue weighted by molar-refractivity contribution is 5.93. The van der Waals surface area contributed by atoms with Crippen LogP contribution in [0.15, 0.2) is 42.5 Å². The van der Waals surface area contributed by atoms with E-state index in [0.717, 1.165) is 17.8 Å². The van der Waals surface area contributed by atoms with E-state index in [0.29, 0.717) is 28.3 Å². The smallest absolute Gasteiger partial charge is 0.416 e.